The van der Waals surface area contributed by atoms with E-state index in [-0.39, 0.29) is 6.03 Å². The highest BCUT2D eigenvalue weighted by molar-refractivity contribution is 7.13. The Kier molecular flexibility index (Phi) is 2.22. The van der Waals surface area contributed by atoms with Crippen LogP contribution in [0.25, 0.3) is 0 Å². The lowest BCUT2D eigenvalue weighted by Crippen LogP contribution is -2.24. The molecule has 0 saturated carbocycles. The number of carbonyl (C=O) groups is 1. The van der Waals surface area contributed by atoms with Crippen molar-refractivity contribution in [3.8, 4) is 0 Å². The van der Waals surface area contributed by atoms with Gasteiger partial charge in [-0.3, -0.25) is 5.32 Å². The summed E-state index contributed by atoms with van der Waals surface area (Å²) in [7, 11) is 1.56. The molecule has 0 fully saturated rings. The Morgan fingerprint density at radius 3 is 3.10 bits per heavy atom. The van der Waals surface area contributed by atoms with E-state index in [9.17, 15) is 4.79 Å². The van der Waals surface area contributed by atoms with Gasteiger partial charge < -0.3 is 5.32 Å². The average molecular weight is 157 g/mol. The summed E-state index contributed by atoms with van der Waals surface area (Å²) in [6.07, 6.45) is 1.63. The molecule has 0 saturated heterocycles. The molecule has 2 amide bonds. The van der Waals surface area contributed by atoms with Crippen LogP contribution in [0, 0.1) is 0 Å². The molecule has 10 heavy (non-hydrogen) atoms. The lowest BCUT2D eigenvalue weighted by atomic mass is 10.9. The van der Waals surface area contributed by atoms with Gasteiger partial charge in [-0.05, 0) is 0 Å². The highest BCUT2D eigenvalue weighted by atomic mass is 32.1. The number of aromatic nitrogens is 1. The molecule has 0 atom stereocenters. The lowest BCUT2D eigenvalue weighted by molar-refractivity contribution is 0.254. The summed E-state index contributed by atoms with van der Waals surface area (Å²) in [5.41, 5.74) is 0. The van der Waals surface area contributed by atoms with Crippen LogP contribution in [0.15, 0.2) is 11.6 Å². The molecular formula is C5H7N3OS. The van der Waals surface area contributed by atoms with Crippen molar-refractivity contribution in [1.82, 2.24) is 10.3 Å². The zero-order valence-electron chi connectivity index (χ0n) is 5.42. The minimum absolute atomic E-state index is 0.241. The first-order valence-corrected chi connectivity index (χ1v) is 3.59. The number of hydrogen-bond donors (Lipinski definition) is 2. The molecule has 54 valence electrons. The third-order valence-corrected chi connectivity index (χ3v) is 1.57. The van der Waals surface area contributed by atoms with E-state index in [0.29, 0.717) is 5.13 Å². The maximum Gasteiger partial charge on any atom is 0.320 e. The number of rotatable bonds is 1. The molecule has 5 heteroatoms. The molecule has 0 aliphatic carbocycles. The first-order chi connectivity index (χ1) is 4.83. The third-order valence-electron chi connectivity index (χ3n) is 0.880. The minimum atomic E-state index is -0.241. The highest BCUT2D eigenvalue weighted by Gasteiger charge is 1.97. The molecule has 4 nitrogen and oxygen atoms in total. The second-order valence-electron chi connectivity index (χ2n) is 1.54. The van der Waals surface area contributed by atoms with Crippen LogP contribution in [-0.4, -0.2) is 18.1 Å². The molecule has 0 aliphatic rings. The van der Waals surface area contributed by atoms with Gasteiger partial charge in [-0.1, -0.05) is 0 Å². The van der Waals surface area contributed by atoms with Gasteiger partial charge in [0, 0.05) is 18.6 Å². The van der Waals surface area contributed by atoms with Gasteiger partial charge in [-0.2, -0.15) is 0 Å². The Morgan fingerprint density at radius 2 is 2.60 bits per heavy atom. The van der Waals surface area contributed by atoms with Gasteiger partial charge in [0.25, 0.3) is 0 Å². The molecule has 1 aromatic rings. The van der Waals surface area contributed by atoms with E-state index >= 15 is 0 Å². The van der Waals surface area contributed by atoms with Crippen molar-refractivity contribution in [2.24, 2.45) is 0 Å². The van der Waals surface area contributed by atoms with Crippen LogP contribution in [0.1, 0.15) is 0 Å². The molecule has 0 spiro atoms. The molecule has 0 unspecified atom stereocenters. The SMILES string of the molecule is CNC(=O)Nc1nccs1. The summed E-state index contributed by atoms with van der Waals surface area (Å²) >= 11 is 1.38. The highest BCUT2D eigenvalue weighted by Crippen LogP contribution is 2.09. The number of urea groups is 1. The zero-order valence-corrected chi connectivity index (χ0v) is 6.23. The number of carbonyl (C=O) groups excluding carboxylic acids is 1. The quantitative estimate of drug-likeness (QED) is 0.636. The second kappa shape index (κ2) is 3.17. The van der Waals surface area contributed by atoms with Crippen molar-refractivity contribution in [2.75, 3.05) is 12.4 Å². The van der Waals surface area contributed by atoms with Crippen LogP contribution in [0.3, 0.4) is 0 Å². The average Bonchev–Trinajstić information content (AvgIpc) is 2.40. The van der Waals surface area contributed by atoms with Crippen LogP contribution in [0.2, 0.25) is 0 Å². The van der Waals surface area contributed by atoms with E-state index in [1.807, 2.05) is 0 Å². The van der Waals surface area contributed by atoms with Crippen molar-refractivity contribution in [3.05, 3.63) is 11.6 Å². The summed E-state index contributed by atoms with van der Waals surface area (Å²) in [5.74, 6) is 0. The topological polar surface area (TPSA) is 54.0 Å². The van der Waals surface area contributed by atoms with E-state index in [1.54, 1.807) is 18.6 Å². The van der Waals surface area contributed by atoms with Crippen molar-refractivity contribution in [3.63, 3.8) is 0 Å². The van der Waals surface area contributed by atoms with E-state index in [0.717, 1.165) is 0 Å². The molecule has 0 bridgehead atoms. The van der Waals surface area contributed by atoms with Crippen molar-refractivity contribution in [1.29, 1.82) is 0 Å². The number of thiazole rings is 1. The van der Waals surface area contributed by atoms with Crippen LogP contribution >= 0.6 is 11.3 Å². The standard InChI is InChI=1S/C5H7N3OS/c1-6-4(9)8-5-7-2-3-10-5/h2-3H,1H3,(H2,6,7,8,9). The Morgan fingerprint density at radius 1 is 1.80 bits per heavy atom. The van der Waals surface area contributed by atoms with Gasteiger partial charge in [-0.15, -0.1) is 11.3 Å². The lowest BCUT2D eigenvalue weighted by Gasteiger charge is -1.96. The van der Waals surface area contributed by atoms with Gasteiger partial charge in [0.1, 0.15) is 0 Å². The molecule has 0 aromatic carbocycles. The van der Waals surface area contributed by atoms with Crippen LogP contribution in [0.5, 0.6) is 0 Å². The van der Waals surface area contributed by atoms with E-state index in [2.05, 4.69) is 15.6 Å². The monoisotopic (exact) mass is 157 g/mol. The molecule has 1 aromatic heterocycles. The van der Waals surface area contributed by atoms with Gasteiger partial charge in [0.2, 0.25) is 0 Å². The molecule has 1 heterocycles. The van der Waals surface area contributed by atoms with Crippen molar-refractivity contribution >= 4 is 22.5 Å². The molecular weight excluding hydrogens is 150 g/mol. The normalized spacial score (nSPS) is 8.90. The fourth-order valence-corrected chi connectivity index (χ4v) is 0.969. The van der Waals surface area contributed by atoms with Gasteiger partial charge in [-0.25, -0.2) is 9.78 Å². The number of nitrogens with zero attached hydrogens (tertiary/aromatic N) is 1. The van der Waals surface area contributed by atoms with Crippen LogP contribution < -0.4 is 10.6 Å². The third kappa shape index (κ3) is 1.70. The molecule has 2 N–H and O–H groups in total. The van der Waals surface area contributed by atoms with Crippen LogP contribution in [-0.2, 0) is 0 Å². The Hall–Kier alpha value is -1.10. The van der Waals surface area contributed by atoms with E-state index in [4.69, 9.17) is 0 Å². The van der Waals surface area contributed by atoms with Crippen LogP contribution in [0.4, 0.5) is 9.93 Å². The van der Waals surface area contributed by atoms with Crippen molar-refractivity contribution < 1.29 is 4.79 Å². The Labute approximate surface area is 62.3 Å². The number of hydrogen-bond acceptors (Lipinski definition) is 3. The number of nitrogens with one attached hydrogen (secondary N) is 2. The number of amides is 2. The van der Waals surface area contributed by atoms with Gasteiger partial charge in [0.15, 0.2) is 5.13 Å². The fourth-order valence-electron chi connectivity index (χ4n) is 0.445. The van der Waals surface area contributed by atoms with E-state index in [1.165, 1.54) is 11.3 Å². The van der Waals surface area contributed by atoms with E-state index < -0.39 is 0 Å². The summed E-state index contributed by atoms with van der Waals surface area (Å²) in [6, 6.07) is -0.241. The Balaban J connectivity index is 2.48. The summed E-state index contributed by atoms with van der Waals surface area (Å²) in [5, 5.41) is 7.36. The largest absolute Gasteiger partial charge is 0.341 e. The molecule has 0 radical (unpaired) electrons. The fraction of sp³-hybridized carbons (Fsp3) is 0.200. The molecule has 0 aliphatic heterocycles. The van der Waals surface area contributed by atoms with Gasteiger partial charge in [0.05, 0.1) is 0 Å². The minimum Gasteiger partial charge on any atom is -0.341 e. The molecule has 1 rings (SSSR count). The predicted molar refractivity (Wildman–Crippen MR) is 40.2 cm³/mol. The number of anilines is 1. The summed E-state index contributed by atoms with van der Waals surface area (Å²) in [6.45, 7) is 0. The first-order valence-electron chi connectivity index (χ1n) is 2.71. The smallest absolute Gasteiger partial charge is 0.320 e. The zero-order chi connectivity index (χ0) is 7.40. The maximum absolute atomic E-state index is 10.6. The second-order valence-corrected chi connectivity index (χ2v) is 2.44. The maximum atomic E-state index is 10.6. The first kappa shape index (κ1) is 7.01. The summed E-state index contributed by atoms with van der Waals surface area (Å²) in [4.78, 5) is 14.5. The van der Waals surface area contributed by atoms with Gasteiger partial charge >= 0.3 is 6.03 Å². The Bertz CT molecular complexity index is 209. The van der Waals surface area contributed by atoms with Crippen molar-refractivity contribution in [2.45, 2.75) is 0 Å². The predicted octanol–water partition coefficient (Wildman–Crippen LogP) is 0.894. The summed E-state index contributed by atoms with van der Waals surface area (Å²) < 4.78 is 0.